The second-order valence-corrected chi connectivity index (χ2v) is 4.62. The van der Waals surface area contributed by atoms with Crippen molar-refractivity contribution in [1.29, 1.82) is 0 Å². The molecule has 0 spiro atoms. The van der Waals surface area contributed by atoms with Crippen LogP contribution in [0.15, 0.2) is 40.8 Å². The van der Waals surface area contributed by atoms with Gasteiger partial charge >= 0.3 is 5.88 Å². The van der Waals surface area contributed by atoms with E-state index in [4.69, 9.17) is 10.2 Å². The summed E-state index contributed by atoms with van der Waals surface area (Å²) in [5.74, 6) is 0.308. The maximum absolute atomic E-state index is 10.7. The highest BCUT2D eigenvalue weighted by Gasteiger charge is 2.20. The molecule has 3 N–H and O–H groups in total. The molecule has 0 atom stereocenters. The van der Waals surface area contributed by atoms with Gasteiger partial charge in [0.05, 0.1) is 11.6 Å². The van der Waals surface area contributed by atoms with Crippen molar-refractivity contribution in [2.75, 3.05) is 5.73 Å². The maximum atomic E-state index is 10.7. The smallest absolute Gasteiger partial charge is 0.399 e. The molecular weight excluding hydrogens is 272 g/mol. The lowest BCUT2D eigenvalue weighted by atomic mass is 10.0. The van der Waals surface area contributed by atoms with Crippen LogP contribution in [0.1, 0.15) is 5.56 Å². The topological polar surface area (TPSA) is 111 Å². The van der Waals surface area contributed by atoms with Gasteiger partial charge in [0.2, 0.25) is 0 Å². The average Bonchev–Trinajstić information content (AvgIpc) is 3.06. The van der Waals surface area contributed by atoms with Crippen LogP contribution >= 0.6 is 0 Å². The quantitative estimate of drug-likeness (QED) is 0.567. The second-order valence-electron chi connectivity index (χ2n) is 4.62. The average molecular weight is 284 g/mol. The lowest BCUT2D eigenvalue weighted by molar-refractivity contribution is -0.401. The molecule has 0 aliphatic rings. The lowest BCUT2D eigenvalue weighted by Crippen LogP contribution is -1.88. The SMILES string of the molecule is Cc1ccc(-c2c(N)n[nH]c2-c2ccc([N+](=O)[O-])o2)cc1. The molecule has 1 aromatic carbocycles. The molecule has 2 heterocycles. The molecule has 0 aliphatic heterocycles. The molecule has 7 nitrogen and oxygen atoms in total. The number of H-pyrrole nitrogens is 1. The number of hydrogen-bond acceptors (Lipinski definition) is 5. The van der Waals surface area contributed by atoms with Crippen LogP contribution in [0.25, 0.3) is 22.6 Å². The number of benzene rings is 1. The van der Waals surface area contributed by atoms with Gasteiger partial charge in [-0.25, -0.2) is 0 Å². The number of nitrogens with one attached hydrogen (secondary N) is 1. The number of aryl methyl sites for hydroxylation is 1. The Morgan fingerprint density at radius 3 is 2.57 bits per heavy atom. The molecule has 106 valence electrons. The summed E-state index contributed by atoms with van der Waals surface area (Å²) >= 11 is 0. The van der Waals surface area contributed by atoms with Gasteiger partial charge in [-0.1, -0.05) is 29.8 Å². The zero-order chi connectivity index (χ0) is 15.0. The summed E-state index contributed by atoms with van der Waals surface area (Å²) in [6.07, 6.45) is 0. The number of furan rings is 1. The standard InChI is InChI=1S/C14H12N4O3/c1-8-2-4-9(5-3-8)12-13(16-17-14(12)15)10-6-7-11(21-10)18(19)20/h2-7H,1H3,(H3,15,16,17). The van der Waals surface area contributed by atoms with Crippen LogP contribution in [0.2, 0.25) is 0 Å². The summed E-state index contributed by atoms with van der Waals surface area (Å²) in [5.41, 5.74) is 9.06. The monoisotopic (exact) mass is 284 g/mol. The first-order valence-corrected chi connectivity index (χ1v) is 6.21. The van der Waals surface area contributed by atoms with Crippen molar-refractivity contribution in [1.82, 2.24) is 10.2 Å². The molecule has 0 saturated carbocycles. The molecule has 21 heavy (non-hydrogen) atoms. The van der Waals surface area contributed by atoms with Crippen molar-refractivity contribution in [3.63, 3.8) is 0 Å². The highest BCUT2D eigenvalue weighted by molar-refractivity contribution is 5.86. The van der Waals surface area contributed by atoms with Gasteiger partial charge in [-0.3, -0.25) is 15.2 Å². The van der Waals surface area contributed by atoms with E-state index in [1.807, 2.05) is 31.2 Å². The molecule has 0 saturated heterocycles. The Labute approximate surface area is 119 Å². The minimum atomic E-state index is -0.589. The third kappa shape index (κ3) is 2.25. The van der Waals surface area contributed by atoms with Gasteiger partial charge in [0.1, 0.15) is 10.6 Å². The fourth-order valence-corrected chi connectivity index (χ4v) is 2.11. The summed E-state index contributed by atoms with van der Waals surface area (Å²) in [5, 5.41) is 17.4. The van der Waals surface area contributed by atoms with Crippen molar-refractivity contribution in [3.8, 4) is 22.6 Å². The van der Waals surface area contributed by atoms with Gasteiger partial charge < -0.3 is 10.2 Å². The summed E-state index contributed by atoms with van der Waals surface area (Å²) in [4.78, 5) is 10.1. The fourth-order valence-electron chi connectivity index (χ4n) is 2.11. The third-order valence-corrected chi connectivity index (χ3v) is 3.15. The number of aromatic amines is 1. The van der Waals surface area contributed by atoms with Crippen molar-refractivity contribution >= 4 is 11.7 Å². The summed E-state index contributed by atoms with van der Waals surface area (Å²) in [7, 11) is 0. The predicted molar refractivity (Wildman–Crippen MR) is 77.5 cm³/mol. The molecular formula is C14H12N4O3. The van der Waals surface area contributed by atoms with Crippen LogP contribution < -0.4 is 5.73 Å². The molecule has 3 aromatic rings. The summed E-state index contributed by atoms with van der Waals surface area (Å²) in [6, 6.07) is 10.6. The predicted octanol–water partition coefficient (Wildman–Crippen LogP) is 3.14. The van der Waals surface area contributed by atoms with E-state index < -0.39 is 4.92 Å². The summed E-state index contributed by atoms with van der Waals surface area (Å²) in [6.45, 7) is 1.99. The molecule has 7 heteroatoms. The minimum absolute atomic E-state index is 0.313. The molecule has 0 fully saturated rings. The lowest BCUT2D eigenvalue weighted by Gasteiger charge is -2.03. The largest absolute Gasteiger partial charge is 0.433 e. The number of rotatable bonds is 3. The third-order valence-electron chi connectivity index (χ3n) is 3.15. The Bertz CT molecular complexity index is 802. The number of nitrogen functional groups attached to an aromatic ring is 1. The van der Waals surface area contributed by atoms with E-state index in [-0.39, 0.29) is 5.88 Å². The van der Waals surface area contributed by atoms with Crippen molar-refractivity contribution in [3.05, 3.63) is 52.1 Å². The van der Waals surface area contributed by atoms with E-state index in [1.165, 1.54) is 12.1 Å². The number of nitrogens with zero attached hydrogens (tertiary/aromatic N) is 2. The number of hydrogen-bond donors (Lipinski definition) is 2. The minimum Gasteiger partial charge on any atom is -0.399 e. The van der Waals surface area contributed by atoms with E-state index in [0.29, 0.717) is 22.8 Å². The molecule has 2 aromatic heterocycles. The van der Waals surface area contributed by atoms with Crippen LogP contribution in [0.5, 0.6) is 0 Å². The summed E-state index contributed by atoms with van der Waals surface area (Å²) < 4.78 is 5.20. The first-order valence-electron chi connectivity index (χ1n) is 6.21. The molecule has 0 bridgehead atoms. The molecule has 3 rings (SSSR count). The van der Waals surface area contributed by atoms with Crippen LogP contribution in [0.4, 0.5) is 11.7 Å². The number of aromatic nitrogens is 2. The Balaban J connectivity index is 2.11. The maximum Gasteiger partial charge on any atom is 0.433 e. The zero-order valence-electron chi connectivity index (χ0n) is 11.2. The number of nitrogens with two attached hydrogens (primary N) is 1. The van der Waals surface area contributed by atoms with Crippen molar-refractivity contribution < 1.29 is 9.34 Å². The van der Waals surface area contributed by atoms with Crippen LogP contribution in [-0.4, -0.2) is 15.1 Å². The Hall–Kier alpha value is -3.09. The van der Waals surface area contributed by atoms with Gasteiger partial charge in [-0.15, -0.1) is 0 Å². The molecule has 0 aliphatic carbocycles. The highest BCUT2D eigenvalue weighted by atomic mass is 16.6. The van der Waals surface area contributed by atoms with Gasteiger partial charge in [0.25, 0.3) is 0 Å². The second kappa shape index (κ2) is 4.78. The molecule has 0 unspecified atom stereocenters. The number of anilines is 1. The Morgan fingerprint density at radius 2 is 1.95 bits per heavy atom. The van der Waals surface area contributed by atoms with Crippen LogP contribution in [-0.2, 0) is 0 Å². The van der Waals surface area contributed by atoms with Crippen molar-refractivity contribution in [2.45, 2.75) is 6.92 Å². The van der Waals surface area contributed by atoms with Gasteiger partial charge in [-0.05, 0) is 18.6 Å². The molecule has 0 radical (unpaired) electrons. The van der Waals surface area contributed by atoms with E-state index >= 15 is 0 Å². The number of nitro groups is 1. The normalized spacial score (nSPS) is 10.7. The van der Waals surface area contributed by atoms with Crippen molar-refractivity contribution in [2.24, 2.45) is 0 Å². The van der Waals surface area contributed by atoms with Gasteiger partial charge in [0, 0.05) is 0 Å². The zero-order valence-corrected chi connectivity index (χ0v) is 11.2. The van der Waals surface area contributed by atoms with Crippen LogP contribution in [0.3, 0.4) is 0 Å². The fraction of sp³-hybridized carbons (Fsp3) is 0.0714. The highest BCUT2D eigenvalue weighted by Crippen LogP contribution is 2.36. The van der Waals surface area contributed by atoms with E-state index in [9.17, 15) is 10.1 Å². The first kappa shape index (κ1) is 12.9. The van der Waals surface area contributed by atoms with E-state index in [0.717, 1.165) is 11.1 Å². The Kier molecular flexibility index (Phi) is 2.94. The van der Waals surface area contributed by atoms with E-state index in [2.05, 4.69) is 10.2 Å². The first-order chi connectivity index (χ1) is 10.1. The van der Waals surface area contributed by atoms with Crippen LogP contribution in [0, 0.1) is 17.0 Å². The Morgan fingerprint density at radius 1 is 1.24 bits per heavy atom. The van der Waals surface area contributed by atoms with E-state index in [1.54, 1.807) is 0 Å². The van der Waals surface area contributed by atoms with Gasteiger partial charge in [0.15, 0.2) is 11.6 Å². The molecule has 0 amide bonds. The van der Waals surface area contributed by atoms with Gasteiger partial charge in [-0.2, -0.15) is 5.10 Å².